The highest BCUT2D eigenvalue weighted by Gasteiger charge is 2.06. The van der Waals surface area contributed by atoms with E-state index in [1.807, 2.05) is 24.3 Å². The maximum atomic E-state index is 13.1. The molecule has 5 heteroatoms. The van der Waals surface area contributed by atoms with Crippen molar-refractivity contribution in [2.75, 3.05) is 5.32 Å². The number of amides is 1. The van der Waals surface area contributed by atoms with Crippen LogP contribution in [0.2, 0.25) is 0 Å². The van der Waals surface area contributed by atoms with Crippen molar-refractivity contribution < 1.29 is 9.18 Å². The highest BCUT2D eigenvalue weighted by Crippen LogP contribution is 2.20. The lowest BCUT2D eigenvalue weighted by atomic mass is 10.1. The summed E-state index contributed by atoms with van der Waals surface area (Å²) in [6.07, 6.45) is 0.267. The Hall–Kier alpha value is -1.33. The zero-order chi connectivity index (χ0) is 13.8. The molecule has 0 aromatic heterocycles. The van der Waals surface area contributed by atoms with Crippen LogP contribution in [-0.2, 0) is 11.2 Å². The number of carbonyl (C=O) groups is 1. The number of carbonyl (C=O) groups excluding carboxylic acids is 1. The van der Waals surface area contributed by atoms with Crippen molar-refractivity contribution in [2.24, 2.45) is 0 Å². The van der Waals surface area contributed by atoms with Crippen molar-refractivity contribution in [3.63, 3.8) is 0 Å². The molecule has 2 nitrogen and oxygen atoms in total. The van der Waals surface area contributed by atoms with Gasteiger partial charge in [-0.3, -0.25) is 4.79 Å². The minimum Gasteiger partial charge on any atom is -0.326 e. The third-order valence-electron chi connectivity index (χ3n) is 2.50. The topological polar surface area (TPSA) is 29.1 Å². The summed E-state index contributed by atoms with van der Waals surface area (Å²) < 4.78 is 13.4. The molecule has 0 radical (unpaired) electrons. The molecule has 1 amide bonds. The minimum atomic E-state index is -0.359. The van der Waals surface area contributed by atoms with Gasteiger partial charge in [0.25, 0.3) is 0 Å². The highest BCUT2D eigenvalue weighted by molar-refractivity contribution is 9.10. The molecule has 0 spiro atoms. The molecule has 0 unspecified atom stereocenters. The Morgan fingerprint density at radius 1 is 1.21 bits per heavy atom. The second-order valence-electron chi connectivity index (χ2n) is 4.02. The average Bonchev–Trinajstić information content (AvgIpc) is 2.37. The lowest BCUT2D eigenvalue weighted by Crippen LogP contribution is -2.14. The summed E-state index contributed by atoms with van der Waals surface area (Å²) in [5.74, 6) is -0.507. The van der Waals surface area contributed by atoms with E-state index in [0.29, 0.717) is 10.2 Å². The summed E-state index contributed by atoms with van der Waals surface area (Å²) in [5, 5.41) is 2.72. The van der Waals surface area contributed by atoms with E-state index in [1.54, 1.807) is 0 Å². The van der Waals surface area contributed by atoms with Crippen LogP contribution in [0.1, 0.15) is 5.56 Å². The van der Waals surface area contributed by atoms with Gasteiger partial charge >= 0.3 is 0 Å². The Morgan fingerprint density at radius 2 is 1.89 bits per heavy atom. The summed E-state index contributed by atoms with van der Waals surface area (Å²) in [5.41, 5.74) is 1.46. The first-order valence-electron chi connectivity index (χ1n) is 5.57. The van der Waals surface area contributed by atoms with E-state index in [0.717, 1.165) is 10.5 Å². The second-order valence-corrected chi connectivity index (χ2v) is 5.39. The molecule has 2 rings (SSSR count). The molecular weight excluding hydrogens is 329 g/mol. The third-order valence-corrected chi connectivity index (χ3v) is 3.41. The molecule has 0 aliphatic rings. The highest BCUT2D eigenvalue weighted by atomic mass is 79.9. The molecule has 1 N–H and O–H groups in total. The Labute approximate surface area is 124 Å². The average molecular weight is 340 g/mol. The van der Waals surface area contributed by atoms with E-state index < -0.39 is 0 Å². The van der Waals surface area contributed by atoms with Crippen LogP contribution >= 0.6 is 28.6 Å². The summed E-state index contributed by atoms with van der Waals surface area (Å²) >= 11 is 7.26. The zero-order valence-corrected chi connectivity index (χ0v) is 12.3. The lowest BCUT2D eigenvalue weighted by molar-refractivity contribution is -0.115. The summed E-state index contributed by atoms with van der Waals surface area (Å²) in [7, 11) is 0. The first-order valence-corrected chi connectivity index (χ1v) is 6.81. The standard InChI is InChI=1S/C14H11BrFNOS/c15-12-8-10(3-6-13(12)16)17-14(18)7-9-1-4-11(19)5-2-9/h1-6,8,19H,7H2,(H,17,18). The predicted octanol–water partition coefficient (Wildman–Crippen LogP) is 4.06. The van der Waals surface area contributed by atoms with Crippen LogP contribution in [0.15, 0.2) is 51.8 Å². The molecule has 0 bridgehead atoms. The maximum Gasteiger partial charge on any atom is 0.228 e. The van der Waals surface area contributed by atoms with Gasteiger partial charge in [0.1, 0.15) is 5.82 Å². The quantitative estimate of drug-likeness (QED) is 0.811. The Kier molecular flexibility index (Phi) is 4.61. The number of anilines is 1. The van der Waals surface area contributed by atoms with Crippen molar-refractivity contribution in [3.05, 3.63) is 58.3 Å². The van der Waals surface area contributed by atoms with Crippen LogP contribution in [-0.4, -0.2) is 5.91 Å². The van der Waals surface area contributed by atoms with E-state index in [-0.39, 0.29) is 18.1 Å². The largest absolute Gasteiger partial charge is 0.326 e. The first-order chi connectivity index (χ1) is 9.04. The third kappa shape index (κ3) is 4.08. The number of rotatable bonds is 3. The summed E-state index contributed by atoms with van der Waals surface area (Å²) in [6, 6.07) is 11.7. The normalized spacial score (nSPS) is 10.3. The number of thiol groups is 1. The van der Waals surface area contributed by atoms with Gasteiger partial charge in [0.2, 0.25) is 5.91 Å². The fourth-order valence-electron chi connectivity index (χ4n) is 1.58. The smallest absolute Gasteiger partial charge is 0.228 e. The minimum absolute atomic E-state index is 0.148. The molecule has 98 valence electrons. The maximum absolute atomic E-state index is 13.1. The van der Waals surface area contributed by atoms with E-state index in [2.05, 4.69) is 33.9 Å². The fraction of sp³-hybridized carbons (Fsp3) is 0.0714. The van der Waals surface area contributed by atoms with Gasteiger partial charge in [-0.05, 0) is 51.8 Å². The number of hydrogen-bond donors (Lipinski definition) is 2. The SMILES string of the molecule is O=C(Cc1ccc(S)cc1)Nc1ccc(F)c(Br)c1. The molecule has 0 saturated heterocycles. The zero-order valence-electron chi connectivity index (χ0n) is 9.86. The monoisotopic (exact) mass is 339 g/mol. The number of halogens is 2. The molecule has 2 aromatic rings. The van der Waals surface area contributed by atoms with Crippen molar-refractivity contribution in [1.82, 2.24) is 0 Å². The fourth-order valence-corrected chi connectivity index (χ4v) is 2.11. The van der Waals surface area contributed by atoms with Gasteiger partial charge in [0.15, 0.2) is 0 Å². The van der Waals surface area contributed by atoms with Crippen LogP contribution in [0.5, 0.6) is 0 Å². The van der Waals surface area contributed by atoms with Crippen molar-refractivity contribution >= 4 is 40.2 Å². The first kappa shape index (κ1) is 14.1. The van der Waals surface area contributed by atoms with Crippen LogP contribution < -0.4 is 5.32 Å². The summed E-state index contributed by atoms with van der Waals surface area (Å²) in [6.45, 7) is 0. The van der Waals surface area contributed by atoms with Crippen LogP contribution in [0.3, 0.4) is 0 Å². The van der Waals surface area contributed by atoms with Gasteiger partial charge in [-0.25, -0.2) is 4.39 Å². The molecule has 0 aliphatic heterocycles. The van der Waals surface area contributed by atoms with Gasteiger partial charge in [-0.2, -0.15) is 0 Å². The number of hydrogen-bond acceptors (Lipinski definition) is 2. The second kappa shape index (κ2) is 6.21. The lowest BCUT2D eigenvalue weighted by Gasteiger charge is -2.06. The molecule has 0 saturated carbocycles. The Morgan fingerprint density at radius 3 is 2.53 bits per heavy atom. The molecule has 0 fully saturated rings. The van der Waals surface area contributed by atoms with Gasteiger partial charge < -0.3 is 5.32 Å². The van der Waals surface area contributed by atoms with E-state index in [9.17, 15) is 9.18 Å². The molecule has 0 aliphatic carbocycles. The number of benzene rings is 2. The van der Waals surface area contributed by atoms with Gasteiger partial charge in [0.05, 0.1) is 10.9 Å². The predicted molar refractivity (Wildman–Crippen MR) is 80.1 cm³/mol. The van der Waals surface area contributed by atoms with E-state index in [4.69, 9.17) is 0 Å². The Balaban J connectivity index is 2.01. The van der Waals surface area contributed by atoms with E-state index >= 15 is 0 Å². The molecule has 0 atom stereocenters. The molecule has 19 heavy (non-hydrogen) atoms. The summed E-state index contributed by atoms with van der Waals surface area (Å²) in [4.78, 5) is 12.7. The van der Waals surface area contributed by atoms with Gasteiger partial charge in [-0.1, -0.05) is 12.1 Å². The van der Waals surface area contributed by atoms with E-state index in [1.165, 1.54) is 18.2 Å². The number of nitrogens with one attached hydrogen (secondary N) is 1. The Bertz CT molecular complexity index is 601. The van der Waals surface area contributed by atoms with Gasteiger partial charge in [-0.15, -0.1) is 12.6 Å². The van der Waals surface area contributed by atoms with Crippen molar-refractivity contribution in [1.29, 1.82) is 0 Å². The van der Waals surface area contributed by atoms with Crippen LogP contribution in [0.4, 0.5) is 10.1 Å². The van der Waals surface area contributed by atoms with Gasteiger partial charge in [0, 0.05) is 10.6 Å². The van der Waals surface area contributed by atoms with Crippen LogP contribution in [0.25, 0.3) is 0 Å². The molecule has 2 aromatic carbocycles. The van der Waals surface area contributed by atoms with Crippen molar-refractivity contribution in [3.8, 4) is 0 Å². The van der Waals surface area contributed by atoms with Crippen LogP contribution in [0, 0.1) is 5.82 Å². The van der Waals surface area contributed by atoms with Crippen molar-refractivity contribution in [2.45, 2.75) is 11.3 Å². The molecule has 0 heterocycles. The molecular formula is C14H11BrFNOS.